The number of carbonyl (C=O) groups is 2. The number of hydrogen-bond donors (Lipinski definition) is 1. The maximum absolute atomic E-state index is 12.2. The molecule has 1 aliphatic rings. The lowest BCUT2D eigenvalue weighted by Crippen LogP contribution is -2.54. The molecule has 0 bridgehead atoms. The van der Waals surface area contributed by atoms with Gasteiger partial charge in [0.15, 0.2) is 0 Å². The van der Waals surface area contributed by atoms with Crippen molar-refractivity contribution in [2.75, 3.05) is 39.3 Å². The van der Waals surface area contributed by atoms with Gasteiger partial charge >= 0.3 is 6.03 Å². The third-order valence-electron chi connectivity index (χ3n) is 3.92. The first-order chi connectivity index (χ1) is 9.78. The van der Waals surface area contributed by atoms with Crippen molar-refractivity contribution in [3.63, 3.8) is 0 Å². The van der Waals surface area contributed by atoms with Gasteiger partial charge in [0.25, 0.3) is 0 Å². The van der Waals surface area contributed by atoms with E-state index in [1.165, 1.54) is 0 Å². The van der Waals surface area contributed by atoms with Gasteiger partial charge in [0.1, 0.15) is 0 Å². The summed E-state index contributed by atoms with van der Waals surface area (Å²) < 4.78 is 0. The Morgan fingerprint density at radius 3 is 1.95 bits per heavy atom. The number of piperazine rings is 1. The molecule has 1 saturated heterocycles. The highest BCUT2D eigenvalue weighted by Crippen LogP contribution is 2.12. The molecule has 21 heavy (non-hydrogen) atoms. The zero-order chi connectivity index (χ0) is 16.0. The van der Waals surface area contributed by atoms with Crippen molar-refractivity contribution in [2.45, 2.75) is 46.1 Å². The molecule has 3 amide bonds. The first kappa shape index (κ1) is 17.8. The molecule has 0 saturated carbocycles. The minimum absolute atomic E-state index is 0.0789. The summed E-state index contributed by atoms with van der Waals surface area (Å²) >= 11 is 0. The standard InChI is InChI=1S/C15H30N4O2/c1-5-17(6-2)14(21)19-11-9-18(10-12-19)13(20)7-8-15(3,4)16/h5-12,16H2,1-4H3. The van der Waals surface area contributed by atoms with E-state index in [2.05, 4.69) is 0 Å². The normalized spacial score (nSPS) is 16.0. The summed E-state index contributed by atoms with van der Waals surface area (Å²) in [5, 5.41) is 0. The maximum atomic E-state index is 12.2. The molecule has 0 unspecified atom stereocenters. The van der Waals surface area contributed by atoms with Gasteiger partial charge < -0.3 is 20.4 Å². The van der Waals surface area contributed by atoms with Gasteiger partial charge in [0.05, 0.1) is 0 Å². The van der Waals surface area contributed by atoms with E-state index in [9.17, 15) is 9.59 Å². The molecule has 1 heterocycles. The SMILES string of the molecule is CCN(CC)C(=O)N1CCN(C(=O)CCC(C)(C)N)CC1. The Kier molecular flexibility index (Phi) is 6.45. The van der Waals surface area contributed by atoms with E-state index >= 15 is 0 Å². The quantitative estimate of drug-likeness (QED) is 0.826. The summed E-state index contributed by atoms with van der Waals surface area (Å²) in [6, 6.07) is 0.0789. The topological polar surface area (TPSA) is 69.9 Å². The third-order valence-corrected chi connectivity index (χ3v) is 3.92. The fraction of sp³-hybridized carbons (Fsp3) is 0.867. The first-order valence-electron chi connectivity index (χ1n) is 7.89. The van der Waals surface area contributed by atoms with Crippen LogP contribution in [0.2, 0.25) is 0 Å². The molecule has 0 atom stereocenters. The molecular formula is C15H30N4O2. The summed E-state index contributed by atoms with van der Waals surface area (Å²) in [6.45, 7) is 11.8. The van der Waals surface area contributed by atoms with Crippen molar-refractivity contribution in [3.05, 3.63) is 0 Å². The van der Waals surface area contributed by atoms with Crippen molar-refractivity contribution < 1.29 is 9.59 Å². The Hall–Kier alpha value is -1.30. The highest BCUT2D eigenvalue weighted by molar-refractivity contribution is 5.77. The van der Waals surface area contributed by atoms with E-state index in [-0.39, 0.29) is 17.5 Å². The van der Waals surface area contributed by atoms with Crippen molar-refractivity contribution in [1.82, 2.24) is 14.7 Å². The first-order valence-corrected chi connectivity index (χ1v) is 7.89. The minimum atomic E-state index is -0.309. The second kappa shape index (κ2) is 7.64. The Labute approximate surface area is 128 Å². The van der Waals surface area contributed by atoms with Gasteiger partial charge in [-0.05, 0) is 34.1 Å². The molecule has 1 rings (SSSR count). The van der Waals surface area contributed by atoms with Gasteiger partial charge in [-0.25, -0.2) is 4.79 Å². The van der Waals surface area contributed by atoms with E-state index in [1.54, 1.807) is 0 Å². The highest BCUT2D eigenvalue weighted by atomic mass is 16.2. The van der Waals surface area contributed by atoms with Gasteiger partial charge in [0, 0.05) is 51.2 Å². The van der Waals surface area contributed by atoms with E-state index in [4.69, 9.17) is 5.73 Å². The van der Waals surface area contributed by atoms with Crippen LogP contribution in [-0.4, -0.2) is 71.4 Å². The average molecular weight is 298 g/mol. The van der Waals surface area contributed by atoms with Crippen LogP contribution in [0.3, 0.4) is 0 Å². The zero-order valence-electron chi connectivity index (χ0n) is 13.9. The molecule has 0 aliphatic carbocycles. The van der Waals surface area contributed by atoms with Gasteiger partial charge in [-0.2, -0.15) is 0 Å². The number of nitrogens with zero attached hydrogens (tertiary/aromatic N) is 3. The average Bonchev–Trinajstić information content (AvgIpc) is 2.45. The van der Waals surface area contributed by atoms with Crippen LogP contribution >= 0.6 is 0 Å². The van der Waals surface area contributed by atoms with E-state index in [0.717, 1.165) is 13.1 Å². The Morgan fingerprint density at radius 1 is 1.05 bits per heavy atom. The summed E-state index contributed by atoms with van der Waals surface area (Å²) in [6.07, 6.45) is 1.16. The molecule has 0 radical (unpaired) electrons. The lowest BCUT2D eigenvalue weighted by atomic mass is 9.99. The number of rotatable bonds is 5. The van der Waals surface area contributed by atoms with Gasteiger partial charge in [0.2, 0.25) is 5.91 Å². The fourth-order valence-corrected chi connectivity index (χ4v) is 2.43. The number of hydrogen-bond acceptors (Lipinski definition) is 3. The molecule has 1 aliphatic heterocycles. The van der Waals surface area contributed by atoms with Crippen molar-refractivity contribution in [1.29, 1.82) is 0 Å². The van der Waals surface area contributed by atoms with Crippen LogP contribution in [0.15, 0.2) is 0 Å². The lowest BCUT2D eigenvalue weighted by molar-refractivity contribution is -0.133. The Balaban J connectivity index is 2.41. The number of nitrogens with two attached hydrogens (primary N) is 1. The Bertz CT molecular complexity index is 353. The third kappa shape index (κ3) is 5.53. The molecule has 0 spiro atoms. The Morgan fingerprint density at radius 2 is 1.52 bits per heavy atom. The highest BCUT2D eigenvalue weighted by Gasteiger charge is 2.26. The van der Waals surface area contributed by atoms with Gasteiger partial charge in [-0.15, -0.1) is 0 Å². The summed E-state index contributed by atoms with van der Waals surface area (Å²) in [5.74, 6) is 0.142. The van der Waals surface area contributed by atoms with Gasteiger partial charge in [-0.3, -0.25) is 4.79 Å². The predicted octanol–water partition coefficient (Wildman–Crippen LogP) is 1.11. The number of urea groups is 1. The molecule has 0 aromatic heterocycles. The molecule has 6 heteroatoms. The van der Waals surface area contributed by atoms with E-state index in [0.29, 0.717) is 39.0 Å². The van der Waals surface area contributed by atoms with Crippen LogP contribution in [0, 0.1) is 0 Å². The number of amides is 3. The molecule has 6 nitrogen and oxygen atoms in total. The van der Waals surface area contributed by atoms with E-state index < -0.39 is 0 Å². The zero-order valence-corrected chi connectivity index (χ0v) is 13.9. The van der Waals surface area contributed by atoms with Crippen molar-refractivity contribution >= 4 is 11.9 Å². The van der Waals surface area contributed by atoms with Crippen LogP contribution < -0.4 is 5.73 Å². The van der Waals surface area contributed by atoms with Crippen LogP contribution in [0.4, 0.5) is 4.79 Å². The van der Waals surface area contributed by atoms with Gasteiger partial charge in [-0.1, -0.05) is 0 Å². The smallest absolute Gasteiger partial charge is 0.320 e. The van der Waals surface area contributed by atoms with Crippen molar-refractivity contribution in [3.8, 4) is 0 Å². The van der Waals surface area contributed by atoms with Crippen LogP contribution in [0.1, 0.15) is 40.5 Å². The molecule has 2 N–H and O–H groups in total. The molecule has 122 valence electrons. The summed E-state index contributed by atoms with van der Waals surface area (Å²) in [7, 11) is 0. The van der Waals surface area contributed by atoms with Crippen LogP contribution in [0.5, 0.6) is 0 Å². The predicted molar refractivity (Wildman–Crippen MR) is 84.0 cm³/mol. The van der Waals surface area contributed by atoms with E-state index in [1.807, 2.05) is 42.4 Å². The number of carbonyl (C=O) groups excluding carboxylic acids is 2. The second-order valence-electron chi connectivity index (χ2n) is 6.31. The minimum Gasteiger partial charge on any atom is -0.339 e. The molecule has 0 aromatic carbocycles. The second-order valence-corrected chi connectivity index (χ2v) is 6.31. The monoisotopic (exact) mass is 298 g/mol. The largest absolute Gasteiger partial charge is 0.339 e. The summed E-state index contributed by atoms with van der Waals surface area (Å²) in [5.41, 5.74) is 5.60. The van der Waals surface area contributed by atoms with Crippen LogP contribution in [0.25, 0.3) is 0 Å². The fourth-order valence-electron chi connectivity index (χ4n) is 2.43. The molecule has 1 fully saturated rings. The maximum Gasteiger partial charge on any atom is 0.320 e. The molecular weight excluding hydrogens is 268 g/mol. The molecule has 0 aromatic rings. The van der Waals surface area contributed by atoms with Crippen LogP contribution in [-0.2, 0) is 4.79 Å². The summed E-state index contributed by atoms with van der Waals surface area (Å²) in [4.78, 5) is 29.8. The van der Waals surface area contributed by atoms with Crippen molar-refractivity contribution in [2.24, 2.45) is 5.73 Å². The lowest BCUT2D eigenvalue weighted by Gasteiger charge is -2.37.